The van der Waals surface area contributed by atoms with Gasteiger partial charge in [-0.1, -0.05) is 13.8 Å². The van der Waals surface area contributed by atoms with Crippen molar-refractivity contribution in [3.8, 4) is 0 Å². The highest BCUT2D eigenvalue weighted by molar-refractivity contribution is 7.81. The van der Waals surface area contributed by atoms with Crippen LogP contribution >= 0.6 is 25.3 Å². The molecule has 120 valence electrons. The van der Waals surface area contributed by atoms with Crippen LogP contribution in [0.25, 0.3) is 0 Å². The smallest absolute Gasteiger partial charge is 0.00735 e. The van der Waals surface area contributed by atoms with Gasteiger partial charge in [0.25, 0.3) is 0 Å². The molecule has 0 aromatic carbocycles. The van der Waals surface area contributed by atoms with Crippen molar-refractivity contribution in [1.82, 2.24) is 0 Å². The average Bonchev–Trinajstić information content (AvgIpc) is 2.76. The molecule has 0 radical (unpaired) electrons. The summed E-state index contributed by atoms with van der Waals surface area (Å²) in [6.07, 6.45) is 12.9. The van der Waals surface area contributed by atoms with Gasteiger partial charge in [0, 0.05) is 10.5 Å². The van der Waals surface area contributed by atoms with Crippen molar-refractivity contribution >= 4 is 25.3 Å². The normalized spacial score (nSPS) is 60.0. The Morgan fingerprint density at radius 3 is 2.29 bits per heavy atom. The molecule has 0 unspecified atom stereocenters. The standard InChI is InChI=1S/C19H32S2/c1-18-9-7-13(20)11-12(18)3-4-14-15-5-6-17(21)19(15,2)10-8-16(14)18/h12-17,20-21H,3-11H2,1-2H3/t12-,13+,14-,15-,16-,17-,18-,19-/m0/s1. The van der Waals surface area contributed by atoms with Crippen LogP contribution in [0.1, 0.15) is 71.6 Å². The van der Waals surface area contributed by atoms with E-state index < -0.39 is 0 Å². The van der Waals surface area contributed by atoms with Crippen LogP contribution in [0.15, 0.2) is 0 Å². The lowest BCUT2D eigenvalue weighted by atomic mass is 9.45. The van der Waals surface area contributed by atoms with Crippen LogP contribution in [0, 0.1) is 34.5 Å². The van der Waals surface area contributed by atoms with Gasteiger partial charge in [0.2, 0.25) is 0 Å². The molecule has 21 heavy (non-hydrogen) atoms. The van der Waals surface area contributed by atoms with Gasteiger partial charge in [-0.25, -0.2) is 0 Å². The van der Waals surface area contributed by atoms with E-state index in [2.05, 4.69) is 13.8 Å². The second-order valence-corrected chi connectivity index (χ2v) is 10.6. The molecule has 0 spiro atoms. The highest BCUT2D eigenvalue weighted by atomic mass is 32.1. The Balaban J connectivity index is 1.62. The van der Waals surface area contributed by atoms with E-state index in [1.54, 1.807) is 0 Å². The van der Waals surface area contributed by atoms with Gasteiger partial charge in [0.05, 0.1) is 0 Å². The zero-order valence-corrected chi connectivity index (χ0v) is 15.5. The van der Waals surface area contributed by atoms with E-state index in [4.69, 9.17) is 25.3 Å². The molecule has 0 aliphatic heterocycles. The summed E-state index contributed by atoms with van der Waals surface area (Å²) >= 11 is 9.78. The highest BCUT2D eigenvalue weighted by Gasteiger charge is 2.59. The lowest BCUT2D eigenvalue weighted by molar-refractivity contribution is -0.101. The van der Waals surface area contributed by atoms with Gasteiger partial charge < -0.3 is 0 Å². The van der Waals surface area contributed by atoms with E-state index >= 15 is 0 Å². The first-order valence-corrected chi connectivity index (χ1v) is 10.3. The summed E-state index contributed by atoms with van der Waals surface area (Å²) in [6, 6.07) is 0. The Kier molecular flexibility index (Phi) is 3.70. The molecule has 4 rings (SSSR count). The summed E-state index contributed by atoms with van der Waals surface area (Å²) in [6.45, 7) is 5.22. The van der Waals surface area contributed by atoms with E-state index in [-0.39, 0.29) is 0 Å². The fourth-order valence-electron chi connectivity index (χ4n) is 7.21. The van der Waals surface area contributed by atoms with E-state index in [1.165, 1.54) is 57.8 Å². The van der Waals surface area contributed by atoms with Gasteiger partial charge in [-0.3, -0.25) is 0 Å². The molecule has 0 nitrogen and oxygen atoms in total. The Morgan fingerprint density at radius 2 is 1.48 bits per heavy atom. The molecule has 0 heterocycles. The quantitative estimate of drug-likeness (QED) is 0.530. The summed E-state index contributed by atoms with van der Waals surface area (Å²) in [5.74, 6) is 3.96. The second-order valence-electron chi connectivity index (χ2n) is 9.22. The first-order valence-electron chi connectivity index (χ1n) is 9.31. The van der Waals surface area contributed by atoms with Crippen LogP contribution in [-0.2, 0) is 0 Å². The van der Waals surface area contributed by atoms with E-state index in [1.807, 2.05) is 0 Å². The lowest BCUT2D eigenvalue weighted by Gasteiger charge is -2.60. The van der Waals surface area contributed by atoms with Crippen molar-refractivity contribution in [2.24, 2.45) is 34.5 Å². The maximum atomic E-state index is 4.97. The number of thiol groups is 2. The third-order valence-corrected chi connectivity index (χ3v) is 9.91. The van der Waals surface area contributed by atoms with Crippen LogP contribution in [0.2, 0.25) is 0 Å². The minimum absolute atomic E-state index is 0.550. The van der Waals surface area contributed by atoms with Crippen molar-refractivity contribution < 1.29 is 0 Å². The maximum absolute atomic E-state index is 4.97. The molecule has 4 aliphatic carbocycles. The molecule has 0 bridgehead atoms. The number of hydrogen-bond donors (Lipinski definition) is 2. The van der Waals surface area contributed by atoms with Crippen molar-refractivity contribution in [1.29, 1.82) is 0 Å². The van der Waals surface area contributed by atoms with Gasteiger partial charge in [0.1, 0.15) is 0 Å². The fourth-order valence-corrected chi connectivity index (χ4v) is 8.06. The third-order valence-electron chi connectivity index (χ3n) is 8.59. The molecule has 0 aromatic rings. The molecule has 0 saturated heterocycles. The van der Waals surface area contributed by atoms with Crippen LogP contribution < -0.4 is 0 Å². The van der Waals surface area contributed by atoms with Gasteiger partial charge in [0.15, 0.2) is 0 Å². The summed E-state index contributed by atoms with van der Waals surface area (Å²) in [5.41, 5.74) is 1.19. The van der Waals surface area contributed by atoms with Crippen molar-refractivity contribution in [2.45, 2.75) is 82.1 Å². The Hall–Kier alpha value is 0.700. The molecule has 4 fully saturated rings. The zero-order chi connectivity index (χ0) is 14.8. The largest absolute Gasteiger partial charge is 0.176 e. The van der Waals surface area contributed by atoms with E-state index in [9.17, 15) is 0 Å². The van der Waals surface area contributed by atoms with Gasteiger partial charge in [-0.05, 0) is 92.3 Å². The zero-order valence-electron chi connectivity index (χ0n) is 13.7. The minimum atomic E-state index is 0.550. The van der Waals surface area contributed by atoms with Crippen molar-refractivity contribution in [2.75, 3.05) is 0 Å². The topological polar surface area (TPSA) is 0 Å². The summed E-state index contributed by atoms with van der Waals surface area (Å²) in [7, 11) is 0. The predicted octanol–water partition coefficient (Wildman–Crippen LogP) is 5.63. The van der Waals surface area contributed by atoms with Crippen LogP contribution in [-0.4, -0.2) is 10.5 Å². The van der Waals surface area contributed by atoms with Crippen LogP contribution in [0.4, 0.5) is 0 Å². The maximum Gasteiger partial charge on any atom is 0.00735 e. The van der Waals surface area contributed by atoms with Crippen LogP contribution in [0.3, 0.4) is 0 Å². The Labute approximate surface area is 142 Å². The molecule has 0 N–H and O–H groups in total. The second kappa shape index (κ2) is 5.10. The van der Waals surface area contributed by atoms with Gasteiger partial charge in [-0.15, -0.1) is 0 Å². The number of fused-ring (bicyclic) bond motifs is 5. The third kappa shape index (κ3) is 2.10. The minimum Gasteiger partial charge on any atom is -0.176 e. The predicted molar refractivity (Wildman–Crippen MR) is 97.3 cm³/mol. The summed E-state index contributed by atoms with van der Waals surface area (Å²) < 4.78 is 0. The molecule has 4 aliphatic rings. The summed E-state index contributed by atoms with van der Waals surface area (Å²) in [5, 5.41) is 1.35. The fraction of sp³-hybridized carbons (Fsp3) is 1.00. The molecular formula is C19H32S2. The first kappa shape index (κ1) is 15.2. The molecule has 0 amide bonds. The molecule has 4 saturated carbocycles. The van der Waals surface area contributed by atoms with E-state index in [0.717, 1.165) is 23.7 Å². The number of rotatable bonds is 0. The number of hydrogen-bond acceptors (Lipinski definition) is 2. The monoisotopic (exact) mass is 324 g/mol. The molecule has 8 atom stereocenters. The highest BCUT2D eigenvalue weighted by Crippen LogP contribution is 2.66. The van der Waals surface area contributed by atoms with Crippen LogP contribution in [0.5, 0.6) is 0 Å². The lowest BCUT2D eigenvalue weighted by Crippen LogP contribution is -2.53. The van der Waals surface area contributed by atoms with E-state index in [0.29, 0.717) is 21.3 Å². The van der Waals surface area contributed by atoms with Gasteiger partial charge in [-0.2, -0.15) is 25.3 Å². The Morgan fingerprint density at radius 1 is 0.762 bits per heavy atom. The summed E-state index contributed by atoms with van der Waals surface area (Å²) in [4.78, 5) is 0. The SMILES string of the molecule is C[C@]12CC[C@@H](S)C[C@@H]1CC[C@@H]1[C@@H]2CC[C@]2(C)[C@@H](S)CC[C@@H]12. The molecule has 2 heteroatoms. The van der Waals surface area contributed by atoms with Gasteiger partial charge >= 0.3 is 0 Å². The first-order chi connectivity index (χ1) is 9.95. The Bertz CT molecular complexity index is 422. The average molecular weight is 325 g/mol. The van der Waals surface area contributed by atoms with Crippen molar-refractivity contribution in [3.05, 3.63) is 0 Å². The van der Waals surface area contributed by atoms with Crippen molar-refractivity contribution in [3.63, 3.8) is 0 Å². The molecule has 0 aromatic heterocycles. The molecular weight excluding hydrogens is 292 g/mol.